The van der Waals surface area contributed by atoms with Crippen molar-refractivity contribution in [2.45, 2.75) is 13.3 Å². The van der Waals surface area contributed by atoms with E-state index in [1.165, 1.54) is 16.9 Å². The van der Waals surface area contributed by atoms with Crippen LogP contribution in [0.4, 0.5) is 5.13 Å². The summed E-state index contributed by atoms with van der Waals surface area (Å²) < 4.78 is 1.87. The number of thiazole rings is 1. The summed E-state index contributed by atoms with van der Waals surface area (Å²) in [6.07, 6.45) is 4.75. The standard InChI is InChI=1S/C15H19N5OS/c1-3-16-15-18-12(10-22-15)14(21)20-8-5-11(6-9-20)13-4-7-17-19(13)2/h4-5,7,10H,3,6,8-9H2,1-2H3,(H,16,18). The van der Waals surface area contributed by atoms with E-state index >= 15 is 0 Å². The van der Waals surface area contributed by atoms with E-state index < -0.39 is 0 Å². The Kier molecular flexibility index (Phi) is 4.24. The van der Waals surface area contributed by atoms with Crippen LogP contribution in [0.2, 0.25) is 0 Å². The van der Waals surface area contributed by atoms with Gasteiger partial charge in [0.15, 0.2) is 5.13 Å². The van der Waals surface area contributed by atoms with E-state index in [1.54, 1.807) is 6.20 Å². The second-order valence-electron chi connectivity index (χ2n) is 5.14. The lowest BCUT2D eigenvalue weighted by atomic mass is 10.0. The van der Waals surface area contributed by atoms with Gasteiger partial charge < -0.3 is 10.2 Å². The monoisotopic (exact) mass is 317 g/mol. The van der Waals surface area contributed by atoms with Crippen LogP contribution < -0.4 is 5.32 Å². The molecule has 0 fully saturated rings. The third-order valence-corrected chi connectivity index (χ3v) is 4.50. The number of hydrogen-bond acceptors (Lipinski definition) is 5. The predicted octanol–water partition coefficient (Wildman–Crippen LogP) is 2.24. The van der Waals surface area contributed by atoms with Crippen molar-refractivity contribution in [1.82, 2.24) is 19.7 Å². The smallest absolute Gasteiger partial charge is 0.273 e. The first-order valence-electron chi connectivity index (χ1n) is 7.35. The molecule has 0 atom stereocenters. The molecule has 0 saturated heterocycles. The van der Waals surface area contributed by atoms with Gasteiger partial charge in [-0.25, -0.2) is 4.98 Å². The quantitative estimate of drug-likeness (QED) is 0.939. The summed E-state index contributed by atoms with van der Waals surface area (Å²) in [7, 11) is 1.94. The molecule has 6 nitrogen and oxygen atoms in total. The summed E-state index contributed by atoms with van der Waals surface area (Å²) in [6.45, 7) is 4.15. The first-order valence-corrected chi connectivity index (χ1v) is 8.23. The maximum absolute atomic E-state index is 12.5. The summed E-state index contributed by atoms with van der Waals surface area (Å²) >= 11 is 1.47. The molecule has 7 heteroatoms. The third-order valence-electron chi connectivity index (χ3n) is 3.70. The van der Waals surface area contributed by atoms with Crippen molar-refractivity contribution in [2.24, 2.45) is 7.05 Å². The zero-order valence-electron chi connectivity index (χ0n) is 12.7. The Hall–Kier alpha value is -2.15. The molecule has 1 aliphatic rings. The van der Waals surface area contributed by atoms with Gasteiger partial charge in [-0.05, 0) is 25.0 Å². The van der Waals surface area contributed by atoms with Crippen LogP contribution in [0, 0.1) is 0 Å². The lowest BCUT2D eigenvalue weighted by Gasteiger charge is -2.25. The Labute approximate surface area is 133 Å². The Morgan fingerprint density at radius 3 is 3.00 bits per heavy atom. The Bertz CT molecular complexity index is 702. The van der Waals surface area contributed by atoms with Crippen molar-refractivity contribution in [2.75, 3.05) is 25.0 Å². The second-order valence-corrected chi connectivity index (χ2v) is 6.00. The molecular weight excluding hydrogens is 298 g/mol. The number of amides is 1. The number of nitrogens with one attached hydrogen (secondary N) is 1. The van der Waals surface area contributed by atoms with E-state index in [4.69, 9.17) is 0 Å². The fourth-order valence-corrected chi connectivity index (χ4v) is 3.30. The molecule has 0 aromatic carbocycles. The molecule has 0 radical (unpaired) electrons. The molecule has 1 aliphatic heterocycles. The Morgan fingerprint density at radius 1 is 1.50 bits per heavy atom. The summed E-state index contributed by atoms with van der Waals surface area (Å²) in [5, 5.41) is 9.95. The van der Waals surface area contributed by atoms with Gasteiger partial charge in [0, 0.05) is 38.3 Å². The van der Waals surface area contributed by atoms with Crippen LogP contribution in [0.1, 0.15) is 29.5 Å². The molecule has 0 unspecified atom stereocenters. The molecule has 0 bridgehead atoms. The molecule has 0 saturated carbocycles. The van der Waals surface area contributed by atoms with Crippen LogP contribution in [-0.4, -0.2) is 45.2 Å². The van der Waals surface area contributed by atoms with Crippen LogP contribution in [0.15, 0.2) is 23.7 Å². The highest BCUT2D eigenvalue weighted by Gasteiger charge is 2.22. The number of rotatable bonds is 4. The number of aromatic nitrogens is 3. The molecule has 0 aliphatic carbocycles. The van der Waals surface area contributed by atoms with Crippen molar-refractivity contribution < 1.29 is 4.79 Å². The Balaban J connectivity index is 1.68. The minimum absolute atomic E-state index is 0.000657. The van der Waals surface area contributed by atoms with Crippen molar-refractivity contribution in [3.05, 3.63) is 35.1 Å². The number of nitrogens with zero attached hydrogens (tertiary/aromatic N) is 4. The van der Waals surface area contributed by atoms with Crippen LogP contribution >= 0.6 is 11.3 Å². The van der Waals surface area contributed by atoms with Gasteiger partial charge >= 0.3 is 0 Å². The van der Waals surface area contributed by atoms with E-state index in [-0.39, 0.29) is 5.91 Å². The zero-order valence-corrected chi connectivity index (χ0v) is 13.6. The number of aryl methyl sites for hydroxylation is 1. The van der Waals surface area contributed by atoms with Crippen LogP contribution in [0.25, 0.3) is 5.57 Å². The van der Waals surface area contributed by atoms with Gasteiger partial charge in [-0.2, -0.15) is 5.10 Å². The van der Waals surface area contributed by atoms with E-state index in [0.717, 1.165) is 23.8 Å². The minimum Gasteiger partial charge on any atom is -0.362 e. The largest absolute Gasteiger partial charge is 0.362 e. The minimum atomic E-state index is 0.000657. The van der Waals surface area contributed by atoms with Crippen molar-refractivity contribution in [3.8, 4) is 0 Å². The number of carbonyl (C=O) groups is 1. The fourth-order valence-electron chi connectivity index (χ4n) is 2.54. The summed E-state index contributed by atoms with van der Waals surface area (Å²) in [4.78, 5) is 18.7. The molecular formula is C15H19N5OS. The highest BCUT2D eigenvalue weighted by atomic mass is 32.1. The second kappa shape index (κ2) is 6.31. The topological polar surface area (TPSA) is 63.1 Å². The molecule has 0 spiro atoms. The molecule has 1 N–H and O–H groups in total. The van der Waals surface area contributed by atoms with Crippen molar-refractivity contribution in [1.29, 1.82) is 0 Å². The predicted molar refractivity (Wildman–Crippen MR) is 88.0 cm³/mol. The number of carbonyl (C=O) groups excluding carboxylic acids is 1. The van der Waals surface area contributed by atoms with E-state index in [0.29, 0.717) is 18.8 Å². The van der Waals surface area contributed by atoms with E-state index in [1.807, 2.05) is 35.0 Å². The maximum atomic E-state index is 12.5. The highest BCUT2D eigenvalue weighted by Crippen LogP contribution is 2.23. The number of anilines is 1. The number of hydrogen-bond donors (Lipinski definition) is 1. The molecule has 2 aromatic heterocycles. The van der Waals surface area contributed by atoms with Gasteiger partial charge in [-0.15, -0.1) is 11.3 Å². The van der Waals surface area contributed by atoms with Crippen molar-refractivity contribution >= 4 is 27.9 Å². The summed E-state index contributed by atoms with van der Waals surface area (Å²) in [5.74, 6) is 0.000657. The molecule has 3 heterocycles. The zero-order chi connectivity index (χ0) is 15.5. The average Bonchev–Trinajstić information content (AvgIpc) is 3.16. The summed E-state index contributed by atoms with van der Waals surface area (Å²) in [6, 6.07) is 2.01. The first-order chi connectivity index (χ1) is 10.7. The van der Waals surface area contributed by atoms with Gasteiger partial charge in [0.2, 0.25) is 0 Å². The van der Waals surface area contributed by atoms with Gasteiger partial charge in [0.1, 0.15) is 5.69 Å². The lowest BCUT2D eigenvalue weighted by Crippen LogP contribution is -2.35. The van der Waals surface area contributed by atoms with E-state index in [2.05, 4.69) is 21.5 Å². The van der Waals surface area contributed by atoms with Gasteiger partial charge in [0.25, 0.3) is 5.91 Å². The van der Waals surface area contributed by atoms with Crippen LogP contribution in [0.5, 0.6) is 0 Å². The highest BCUT2D eigenvalue weighted by molar-refractivity contribution is 7.13. The van der Waals surface area contributed by atoms with Crippen LogP contribution in [0.3, 0.4) is 0 Å². The molecule has 2 aromatic rings. The summed E-state index contributed by atoms with van der Waals surface area (Å²) in [5.41, 5.74) is 2.89. The van der Waals surface area contributed by atoms with E-state index in [9.17, 15) is 4.79 Å². The fraction of sp³-hybridized carbons (Fsp3) is 0.400. The SMILES string of the molecule is CCNc1nc(C(=O)N2CC=C(c3ccnn3C)CC2)cs1. The van der Waals surface area contributed by atoms with Gasteiger partial charge in [0.05, 0.1) is 5.69 Å². The molecule has 116 valence electrons. The third kappa shape index (κ3) is 2.89. The van der Waals surface area contributed by atoms with Crippen LogP contribution in [-0.2, 0) is 7.05 Å². The van der Waals surface area contributed by atoms with Gasteiger partial charge in [-0.1, -0.05) is 6.08 Å². The Morgan fingerprint density at radius 2 is 2.36 bits per heavy atom. The average molecular weight is 317 g/mol. The van der Waals surface area contributed by atoms with Gasteiger partial charge in [-0.3, -0.25) is 9.48 Å². The molecule has 22 heavy (non-hydrogen) atoms. The maximum Gasteiger partial charge on any atom is 0.273 e. The first kappa shape index (κ1) is 14.8. The lowest BCUT2D eigenvalue weighted by molar-refractivity contribution is 0.0768. The molecule has 3 rings (SSSR count). The normalized spacial score (nSPS) is 14.8. The van der Waals surface area contributed by atoms with Crippen molar-refractivity contribution in [3.63, 3.8) is 0 Å². The molecule has 1 amide bonds.